The summed E-state index contributed by atoms with van der Waals surface area (Å²) in [5, 5.41) is 5.54. The van der Waals surface area contributed by atoms with Crippen LogP contribution in [-0.4, -0.2) is 22.7 Å². The van der Waals surface area contributed by atoms with E-state index in [0.29, 0.717) is 18.0 Å². The minimum absolute atomic E-state index is 0.135. The van der Waals surface area contributed by atoms with Crippen LogP contribution in [0.3, 0.4) is 0 Å². The van der Waals surface area contributed by atoms with Crippen molar-refractivity contribution in [2.45, 2.75) is 6.54 Å². The van der Waals surface area contributed by atoms with E-state index < -0.39 is 5.82 Å². The summed E-state index contributed by atoms with van der Waals surface area (Å²) in [6, 6.07) is 13.1. The number of nitrogens with one attached hydrogen (secondary N) is 2. The highest BCUT2D eigenvalue weighted by Crippen LogP contribution is 2.32. The number of amides is 1. The lowest BCUT2D eigenvalue weighted by Crippen LogP contribution is -2.24. The molecule has 136 valence electrons. The number of anilines is 2. The molecule has 4 rings (SSSR count). The Morgan fingerprint density at radius 1 is 1.11 bits per heavy atom. The second kappa shape index (κ2) is 7.28. The van der Waals surface area contributed by atoms with Crippen molar-refractivity contribution >= 4 is 17.5 Å². The van der Waals surface area contributed by atoms with E-state index in [9.17, 15) is 9.18 Å². The minimum Gasteiger partial charge on any atom is -0.454 e. The van der Waals surface area contributed by atoms with Crippen LogP contribution in [0.1, 0.15) is 16.1 Å². The number of ether oxygens (including phenoxy) is 2. The van der Waals surface area contributed by atoms with Crippen LogP contribution < -0.4 is 20.1 Å². The normalized spacial score (nSPS) is 11.9. The van der Waals surface area contributed by atoms with Gasteiger partial charge in [-0.25, -0.2) is 14.4 Å². The smallest absolute Gasteiger partial charge is 0.270 e. The predicted octanol–water partition coefficient (Wildman–Crippen LogP) is 3.02. The lowest BCUT2D eigenvalue weighted by Gasteiger charge is -2.08. The van der Waals surface area contributed by atoms with E-state index in [-0.39, 0.29) is 30.0 Å². The Morgan fingerprint density at radius 3 is 2.85 bits per heavy atom. The van der Waals surface area contributed by atoms with Crippen molar-refractivity contribution in [3.05, 3.63) is 71.8 Å². The van der Waals surface area contributed by atoms with Gasteiger partial charge < -0.3 is 20.1 Å². The van der Waals surface area contributed by atoms with E-state index in [1.807, 2.05) is 12.1 Å². The SMILES string of the molecule is O=C(NCc1ccc2c(c1)OCO2)c1ccnc(Nc2ccccc2F)n1. The molecule has 0 saturated heterocycles. The van der Waals surface area contributed by atoms with Crippen LogP contribution in [0.4, 0.5) is 16.0 Å². The lowest BCUT2D eigenvalue weighted by atomic mass is 10.2. The molecule has 2 aromatic carbocycles. The topological polar surface area (TPSA) is 85.4 Å². The molecule has 1 aliphatic heterocycles. The first-order chi connectivity index (χ1) is 13.2. The van der Waals surface area contributed by atoms with Crippen LogP contribution >= 0.6 is 0 Å². The second-order valence-corrected chi connectivity index (χ2v) is 5.74. The van der Waals surface area contributed by atoms with Gasteiger partial charge in [0.05, 0.1) is 5.69 Å². The van der Waals surface area contributed by atoms with Crippen molar-refractivity contribution in [1.82, 2.24) is 15.3 Å². The van der Waals surface area contributed by atoms with E-state index in [0.717, 1.165) is 5.56 Å². The number of carbonyl (C=O) groups is 1. The largest absolute Gasteiger partial charge is 0.454 e. The summed E-state index contributed by atoms with van der Waals surface area (Å²) in [6.45, 7) is 0.499. The summed E-state index contributed by atoms with van der Waals surface area (Å²) in [5.41, 5.74) is 1.27. The number of hydrogen-bond acceptors (Lipinski definition) is 6. The van der Waals surface area contributed by atoms with Gasteiger partial charge in [0, 0.05) is 12.7 Å². The van der Waals surface area contributed by atoms with E-state index in [1.165, 1.54) is 18.3 Å². The highest BCUT2D eigenvalue weighted by Gasteiger charge is 2.14. The van der Waals surface area contributed by atoms with Gasteiger partial charge in [-0.1, -0.05) is 18.2 Å². The Labute approximate surface area is 154 Å². The average molecular weight is 366 g/mol. The summed E-state index contributed by atoms with van der Waals surface area (Å²) in [4.78, 5) is 20.5. The van der Waals surface area contributed by atoms with Crippen LogP contribution in [0.5, 0.6) is 11.5 Å². The zero-order chi connectivity index (χ0) is 18.6. The lowest BCUT2D eigenvalue weighted by molar-refractivity contribution is 0.0946. The van der Waals surface area contributed by atoms with Gasteiger partial charge in [0.25, 0.3) is 5.91 Å². The second-order valence-electron chi connectivity index (χ2n) is 5.74. The van der Waals surface area contributed by atoms with E-state index in [1.54, 1.807) is 24.3 Å². The number of fused-ring (bicyclic) bond motifs is 1. The third-order valence-electron chi connectivity index (χ3n) is 3.90. The maximum Gasteiger partial charge on any atom is 0.270 e. The number of benzene rings is 2. The average Bonchev–Trinajstić information content (AvgIpc) is 3.16. The molecule has 8 heteroatoms. The number of carbonyl (C=O) groups excluding carboxylic acids is 1. The number of nitrogens with zero attached hydrogens (tertiary/aromatic N) is 2. The van der Waals surface area contributed by atoms with E-state index >= 15 is 0 Å². The van der Waals surface area contributed by atoms with Crippen molar-refractivity contribution in [3.8, 4) is 11.5 Å². The van der Waals surface area contributed by atoms with Gasteiger partial charge in [0.2, 0.25) is 12.7 Å². The number of halogens is 1. The van der Waals surface area contributed by atoms with Crippen LogP contribution in [0.25, 0.3) is 0 Å². The Bertz CT molecular complexity index is 996. The van der Waals surface area contributed by atoms with E-state index in [2.05, 4.69) is 20.6 Å². The zero-order valence-electron chi connectivity index (χ0n) is 14.1. The van der Waals surface area contributed by atoms with Gasteiger partial charge in [0.1, 0.15) is 11.5 Å². The Hall–Kier alpha value is -3.68. The summed E-state index contributed by atoms with van der Waals surface area (Å²) in [6.07, 6.45) is 1.44. The van der Waals surface area contributed by atoms with Gasteiger partial charge in [-0.3, -0.25) is 4.79 Å². The summed E-state index contributed by atoms with van der Waals surface area (Å²) >= 11 is 0. The minimum atomic E-state index is -0.432. The van der Waals surface area contributed by atoms with Crippen molar-refractivity contribution in [2.75, 3.05) is 12.1 Å². The van der Waals surface area contributed by atoms with Gasteiger partial charge >= 0.3 is 0 Å². The molecule has 27 heavy (non-hydrogen) atoms. The highest BCUT2D eigenvalue weighted by atomic mass is 19.1. The molecule has 0 unspecified atom stereocenters. The third-order valence-corrected chi connectivity index (χ3v) is 3.90. The van der Waals surface area contributed by atoms with Gasteiger partial charge in [0.15, 0.2) is 11.5 Å². The molecule has 1 amide bonds. The molecular formula is C19H15FN4O3. The maximum absolute atomic E-state index is 13.7. The zero-order valence-corrected chi connectivity index (χ0v) is 14.1. The number of aromatic nitrogens is 2. The molecule has 0 fully saturated rings. The van der Waals surface area contributed by atoms with Crippen LogP contribution in [0.2, 0.25) is 0 Å². The Balaban J connectivity index is 1.42. The molecule has 0 aliphatic carbocycles. The highest BCUT2D eigenvalue weighted by molar-refractivity contribution is 5.92. The summed E-state index contributed by atoms with van der Waals surface area (Å²) in [5.74, 6) is 0.672. The molecule has 2 N–H and O–H groups in total. The predicted molar refractivity (Wildman–Crippen MR) is 95.4 cm³/mol. The number of rotatable bonds is 5. The molecule has 3 aromatic rings. The van der Waals surface area contributed by atoms with Crippen molar-refractivity contribution in [3.63, 3.8) is 0 Å². The van der Waals surface area contributed by atoms with Crippen LogP contribution in [0.15, 0.2) is 54.7 Å². The monoisotopic (exact) mass is 366 g/mol. The first-order valence-corrected chi connectivity index (χ1v) is 8.20. The first kappa shape index (κ1) is 16.8. The Morgan fingerprint density at radius 2 is 1.96 bits per heavy atom. The molecule has 0 radical (unpaired) electrons. The summed E-state index contributed by atoms with van der Waals surface area (Å²) in [7, 11) is 0. The van der Waals surface area contributed by atoms with Gasteiger partial charge in [-0.15, -0.1) is 0 Å². The first-order valence-electron chi connectivity index (χ1n) is 8.20. The van der Waals surface area contributed by atoms with Gasteiger partial charge in [-0.2, -0.15) is 0 Å². The van der Waals surface area contributed by atoms with Crippen molar-refractivity contribution in [2.24, 2.45) is 0 Å². The maximum atomic E-state index is 13.7. The fourth-order valence-corrected chi connectivity index (χ4v) is 2.55. The van der Waals surface area contributed by atoms with E-state index in [4.69, 9.17) is 9.47 Å². The van der Waals surface area contributed by atoms with Crippen LogP contribution in [0, 0.1) is 5.82 Å². The number of hydrogen-bond donors (Lipinski definition) is 2. The quantitative estimate of drug-likeness (QED) is 0.722. The molecule has 1 aliphatic rings. The van der Waals surface area contributed by atoms with Crippen molar-refractivity contribution in [1.29, 1.82) is 0 Å². The molecular weight excluding hydrogens is 351 g/mol. The van der Waals surface area contributed by atoms with Crippen molar-refractivity contribution < 1.29 is 18.7 Å². The number of para-hydroxylation sites is 1. The Kier molecular flexibility index (Phi) is 4.52. The molecule has 0 atom stereocenters. The molecule has 0 bridgehead atoms. The molecule has 0 saturated carbocycles. The standard InChI is InChI=1S/C19H15FN4O3/c20-13-3-1-2-4-14(13)23-19-21-8-7-15(24-19)18(25)22-10-12-5-6-16-17(9-12)27-11-26-16/h1-9H,10-11H2,(H,22,25)(H,21,23,24). The molecule has 7 nitrogen and oxygen atoms in total. The third kappa shape index (κ3) is 3.79. The fraction of sp³-hybridized carbons (Fsp3) is 0.105. The molecule has 1 aromatic heterocycles. The molecule has 2 heterocycles. The fourth-order valence-electron chi connectivity index (χ4n) is 2.55. The summed E-state index contributed by atoms with van der Waals surface area (Å²) < 4.78 is 24.3. The molecule has 0 spiro atoms. The van der Waals surface area contributed by atoms with Gasteiger partial charge in [-0.05, 0) is 35.9 Å². The van der Waals surface area contributed by atoms with Crippen LogP contribution in [-0.2, 0) is 6.54 Å².